The Balaban J connectivity index is 2.40. The molecule has 1 heterocycles. The van der Waals surface area contributed by atoms with Crippen LogP contribution >= 0.6 is 34.8 Å². The van der Waals surface area contributed by atoms with Gasteiger partial charge < -0.3 is 0 Å². The maximum absolute atomic E-state index is 13.6. The number of aryl methyl sites for hydroxylation is 1. The summed E-state index contributed by atoms with van der Waals surface area (Å²) in [7, 11) is 0. The lowest BCUT2D eigenvalue weighted by molar-refractivity contribution is 0.630. The highest BCUT2D eigenvalue weighted by atomic mass is 35.5. The lowest BCUT2D eigenvalue weighted by atomic mass is 10.2. The first-order valence-corrected chi connectivity index (χ1v) is 7.49. The lowest BCUT2D eigenvalue weighted by Gasteiger charge is -2.11. The molecule has 3 rings (SSSR count). The zero-order chi connectivity index (χ0) is 15.1. The van der Waals surface area contributed by atoms with Crippen LogP contribution in [0.3, 0.4) is 0 Å². The molecule has 0 amide bonds. The number of hydrogen-bond acceptors (Lipinski definition) is 1. The molecule has 0 saturated carbocycles. The lowest BCUT2D eigenvalue weighted by Crippen LogP contribution is -2.01. The van der Waals surface area contributed by atoms with Crippen molar-refractivity contribution in [3.63, 3.8) is 0 Å². The van der Waals surface area contributed by atoms with Gasteiger partial charge in [0.1, 0.15) is 11.6 Å². The van der Waals surface area contributed by atoms with Crippen molar-refractivity contribution < 1.29 is 4.39 Å². The number of aromatic nitrogens is 2. The Hall–Kier alpha value is -1.29. The van der Waals surface area contributed by atoms with Gasteiger partial charge in [0.2, 0.25) is 0 Å². The number of benzene rings is 2. The Morgan fingerprint density at radius 1 is 1.19 bits per heavy atom. The summed E-state index contributed by atoms with van der Waals surface area (Å²) < 4.78 is 15.5. The van der Waals surface area contributed by atoms with Crippen LogP contribution in [-0.4, -0.2) is 9.55 Å². The predicted octanol–water partition coefficient (Wildman–Crippen LogP) is 5.52. The first-order chi connectivity index (χ1) is 10.0. The van der Waals surface area contributed by atoms with Crippen molar-refractivity contribution in [1.29, 1.82) is 0 Å². The maximum Gasteiger partial charge on any atom is 0.144 e. The maximum atomic E-state index is 13.6. The number of imidazole rings is 1. The molecule has 0 bridgehead atoms. The molecule has 3 aromatic rings. The third kappa shape index (κ3) is 2.50. The van der Waals surface area contributed by atoms with Crippen LogP contribution in [0, 0.1) is 12.7 Å². The third-order valence-electron chi connectivity index (χ3n) is 3.30. The summed E-state index contributed by atoms with van der Waals surface area (Å²) in [5, 5.41) is 0.649. The Bertz CT molecular complexity index is 843. The average Bonchev–Trinajstić information content (AvgIpc) is 2.79. The summed E-state index contributed by atoms with van der Waals surface area (Å²) in [6.45, 7) is 1.96. The van der Waals surface area contributed by atoms with Crippen molar-refractivity contribution in [3.05, 3.63) is 57.6 Å². The van der Waals surface area contributed by atoms with Gasteiger partial charge in [-0.25, -0.2) is 9.37 Å². The SMILES string of the molecule is Cc1ccc(Cl)cc1-n1c(CCl)nc2cc(F)c(Cl)cc21. The molecule has 0 atom stereocenters. The normalized spacial score (nSPS) is 11.3. The summed E-state index contributed by atoms with van der Waals surface area (Å²) in [5.41, 5.74) is 3.06. The van der Waals surface area contributed by atoms with Crippen molar-refractivity contribution in [3.8, 4) is 5.69 Å². The molecule has 1 aromatic heterocycles. The number of rotatable bonds is 2. The molecule has 0 aliphatic heterocycles. The van der Waals surface area contributed by atoms with Crippen molar-refractivity contribution in [2.45, 2.75) is 12.8 Å². The number of fused-ring (bicyclic) bond motifs is 1. The average molecular weight is 344 g/mol. The van der Waals surface area contributed by atoms with Crippen LogP contribution in [0.4, 0.5) is 4.39 Å². The smallest absolute Gasteiger partial charge is 0.144 e. The Labute approximate surface area is 136 Å². The number of nitrogens with zero attached hydrogens (tertiary/aromatic N) is 2. The molecule has 0 fully saturated rings. The molecule has 0 unspecified atom stereocenters. The Morgan fingerprint density at radius 2 is 1.95 bits per heavy atom. The topological polar surface area (TPSA) is 17.8 Å². The quantitative estimate of drug-likeness (QED) is 0.560. The van der Waals surface area contributed by atoms with E-state index in [4.69, 9.17) is 34.8 Å². The fourth-order valence-corrected chi connectivity index (χ4v) is 2.81. The fraction of sp³-hybridized carbons (Fsp3) is 0.133. The molecule has 2 aromatic carbocycles. The number of alkyl halides is 1. The van der Waals surface area contributed by atoms with Gasteiger partial charge in [-0.1, -0.05) is 29.3 Å². The highest BCUT2D eigenvalue weighted by Gasteiger charge is 2.16. The van der Waals surface area contributed by atoms with Gasteiger partial charge in [-0.05, 0) is 30.7 Å². The van der Waals surface area contributed by atoms with E-state index in [9.17, 15) is 4.39 Å². The van der Waals surface area contributed by atoms with Crippen molar-refractivity contribution in [1.82, 2.24) is 9.55 Å². The largest absolute Gasteiger partial charge is 0.295 e. The molecular weight excluding hydrogens is 334 g/mol. The highest BCUT2D eigenvalue weighted by molar-refractivity contribution is 6.31. The van der Waals surface area contributed by atoms with E-state index in [1.807, 2.05) is 29.7 Å². The van der Waals surface area contributed by atoms with Gasteiger partial charge in [-0.15, -0.1) is 11.6 Å². The van der Waals surface area contributed by atoms with E-state index in [0.29, 0.717) is 21.9 Å². The number of halogens is 4. The van der Waals surface area contributed by atoms with E-state index in [1.54, 1.807) is 6.07 Å². The standard InChI is InChI=1S/C15H10Cl3FN2/c1-8-2-3-9(17)4-13(8)21-14-5-10(18)11(19)6-12(14)20-15(21)7-16/h2-6H,7H2,1H3. The van der Waals surface area contributed by atoms with E-state index in [0.717, 1.165) is 11.3 Å². The molecule has 0 aliphatic rings. The van der Waals surface area contributed by atoms with Gasteiger partial charge in [-0.2, -0.15) is 0 Å². The predicted molar refractivity (Wildman–Crippen MR) is 85.3 cm³/mol. The summed E-state index contributed by atoms with van der Waals surface area (Å²) in [6, 6.07) is 8.41. The van der Waals surface area contributed by atoms with Crippen LogP contribution in [0.5, 0.6) is 0 Å². The minimum Gasteiger partial charge on any atom is -0.295 e. The molecule has 0 N–H and O–H groups in total. The van der Waals surface area contributed by atoms with Gasteiger partial charge in [-0.3, -0.25) is 4.57 Å². The fourth-order valence-electron chi connectivity index (χ4n) is 2.30. The van der Waals surface area contributed by atoms with Crippen LogP contribution in [0.25, 0.3) is 16.7 Å². The van der Waals surface area contributed by atoms with Crippen LogP contribution in [0.2, 0.25) is 10.0 Å². The van der Waals surface area contributed by atoms with Gasteiger partial charge >= 0.3 is 0 Å². The zero-order valence-corrected chi connectivity index (χ0v) is 13.3. The van der Waals surface area contributed by atoms with Crippen LogP contribution in [0.15, 0.2) is 30.3 Å². The molecule has 0 aliphatic carbocycles. The molecule has 108 valence electrons. The van der Waals surface area contributed by atoms with Crippen molar-refractivity contribution in [2.75, 3.05) is 0 Å². The summed E-state index contributed by atoms with van der Waals surface area (Å²) in [6.07, 6.45) is 0. The van der Waals surface area contributed by atoms with Crippen LogP contribution in [-0.2, 0) is 5.88 Å². The summed E-state index contributed by atoms with van der Waals surface area (Å²) in [4.78, 5) is 4.37. The second-order valence-corrected chi connectivity index (χ2v) is 5.79. The first-order valence-electron chi connectivity index (χ1n) is 6.20. The van der Waals surface area contributed by atoms with E-state index >= 15 is 0 Å². The number of hydrogen-bond donors (Lipinski definition) is 0. The molecule has 2 nitrogen and oxygen atoms in total. The van der Waals surface area contributed by atoms with E-state index in [1.165, 1.54) is 6.07 Å². The zero-order valence-electron chi connectivity index (χ0n) is 11.0. The molecule has 0 spiro atoms. The minimum atomic E-state index is -0.502. The van der Waals surface area contributed by atoms with E-state index < -0.39 is 5.82 Å². The Kier molecular flexibility index (Phi) is 3.82. The first kappa shape index (κ1) is 14.6. The van der Waals surface area contributed by atoms with Gasteiger partial charge in [0.25, 0.3) is 0 Å². The van der Waals surface area contributed by atoms with Crippen LogP contribution < -0.4 is 0 Å². The molecule has 21 heavy (non-hydrogen) atoms. The Morgan fingerprint density at radius 3 is 2.67 bits per heavy atom. The minimum absolute atomic E-state index is 0.0458. The van der Waals surface area contributed by atoms with Crippen molar-refractivity contribution in [2.24, 2.45) is 0 Å². The van der Waals surface area contributed by atoms with Gasteiger partial charge in [0.15, 0.2) is 0 Å². The highest BCUT2D eigenvalue weighted by Crippen LogP contribution is 2.29. The van der Waals surface area contributed by atoms with Crippen molar-refractivity contribution >= 4 is 45.8 Å². The second kappa shape index (κ2) is 5.48. The molecule has 0 saturated heterocycles. The molecule has 6 heteroatoms. The van der Waals surface area contributed by atoms with Crippen LogP contribution in [0.1, 0.15) is 11.4 Å². The molecular formula is C15H10Cl3FN2. The monoisotopic (exact) mass is 342 g/mol. The molecule has 0 radical (unpaired) electrons. The van der Waals surface area contributed by atoms with Gasteiger partial charge in [0, 0.05) is 11.1 Å². The summed E-state index contributed by atoms with van der Waals surface area (Å²) in [5.74, 6) is 0.302. The summed E-state index contributed by atoms with van der Waals surface area (Å²) >= 11 is 18.0. The van der Waals surface area contributed by atoms with E-state index in [-0.39, 0.29) is 10.9 Å². The second-order valence-electron chi connectivity index (χ2n) is 4.68. The van der Waals surface area contributed by atoms with E-state index in [2.05, 4.69) is 4.98 Å². The van der Waals surface area contributed by atoms with Gasteiger partial charge in [0.05, 0.1) is 27.6 Å². The third-order valence-corrected chi connectivity index (χ3v) is 4.06.